The molecule has 2 saturated heterocycles. The molecule has 1 unspecified atom stereocenters. The average molecular weight is 388 g/mol. The first-order chi connectivity index (χ1) is 11.2. The lowest BCUT2D eigenvalue weighted by Gasteiger charge is -2.37. The van der Waals surface area contributed by atoms with Crippen molar-refractivity contribution in [1.82, 2.24) is 15.5 Å². The molecule has 1 amide bonds. The monoisotopic (exact) mass is 387 g/mol. The molecule has 1 aromatic rings. The fourth-order valence-electron chi connectivity index (χ4n) is 3.67. The predicted molar refractivity (Wildman–Crippen MR) is 108 cm³/mol. The molecule has 2 aliphatic rings. The molecule has 1 aromatic carbocycles. The summed E-state index contributed by atoms with van der Waals surface area (Å²) in [6, 6.07) is 11.0. The van der Waals surface area contributed by atoms with Gasteiger partial charge in [0, 0.05) is 25.7 Å². The van der Waals surface area contributed by atoms with Gasteiger partial charge in [0.25, 0.3) is 0 Å². The van der Waals surface area contributed by atoms with Crippen molar-refractivity contribution in [3.8, 4) is 0 Å². The molecule has 25 heavy (non-hydrogen) atoms. The molecule has 0 saturated carbocycles. The third kappa shape index (κ3) is 6.14. The van der Waals surface area contributed by atoms with Gasteiger partial charge in [-0.1, -0.05) is 30.3 Å². The van der Waals surface area contributed by atoms with Gasteiger partial charge in [-0.3, -0.25) is 9.69 Å². The zero-order valence-electron chi connectivity index (χ0n) is 15.0. The minimum Gasteiger partial charge on any atom is -0.352 e. The second-order valence-corrected chi connectivity index (χ2v) is 7.23. The summed E-state index contributed by atoms with van der Waals surface area (Å²) in [5.41, 5.74) is 1.01. The number of likely N-dealkylation sites (tertiary alicyclic amines) is 1. The molecule has 0 bridgehead atoms. The first-order valence-corrected chi connectivity index (χ1v) is 8.98. The van der Waals surface area contributed by atoms with Crippen LogP contribution in [0, 0.1) is 0 Å². The van der Waals surface area contributed by atoms with Crippen molar-refractivity contribution in [1.29, 1.82) is 0 Å². The van der Waals surface area contributed by atoms with Crippen molar-refractivity contribution >= 4 is 30.7 Å². The summed E-state index contributed by atoms with van der Waals surface area (Å²) in [6.45, 7) is 6.14. The van der Waals surface area contributed by atoms with E-state index >= 15 is 0 Å². The summed E-state index contributed by atoms with van der Waals surface area (Å²) in [5, 5.41) is 6.69. The number of halogens is 2. The molecular weight excluding hydrogens is 357 g/mol. The van der Waals surface area contributed by atoms with Crippen LogP contribution in [0.3, 0.4) is 0 Å². The average Bonchev–Trinajstić information content (AvgIpc) is 2.58. The Kier molecular flexibility index (Phi) is 9.22. The Morgan fingerprint density at radius 1 is 1.20 bits per heavy atom. The zero-order valence-corrected chi connectivity index (χ0v) is 16.6. The van der Waals surface area contributed by atoms with Crippen LogP contribution in [-0.2, 0) is 11.3 Å². The molecular formula is C19H31Cl2N3O. The highest BCUT2D eigenvalue weighted by molar-refractivity contribution is 5.86. The predicted octanol–water partition coefficient (Wildman–Crippen LogP) is 3.14. The largest absolute Gasteiger partial charge is 0.352 e. The first kappa shape index (κ1) is 22.2. The molecule has 2 N–H and O–H groups in total. The van der Waals surface area contributed by atoms with Crippen LogP contribution in [0.5, 0.6) is 0 Å². The molecule has 6 heteroatoms. The van der Waals surface area contributed by atoms with E-state index < -0.39 is 0 Å². The van der Waals surface area contributed by atoms with Crippen LogP contribution in [0.25, 0.3) is 0 Å². The molecule has 0 spiro atoms. The molecule has 142 valence electrons. The molecule has 1 atom stereocenters. The molecule has 0 aromatic heterocycles. The summed E-state index contributed by atoms with van der Waals surface area (Å²) < 4.78 is 0. The van der Waals surface area contributed by atoms with Crippen molar-refractivity contribution in [2.45, 2.75) is 57.2 Å². The summed E-state index contributed by atoms with van der Waals surface area (Å²) in [4.78, 5) is 15.1. The Bertz CT molecular complexity index is 513. The number of hydrogen-bond donors (Lipinski definition) is 2. The van der Waals surface area contributed by atoms with Gasteiger partial charge < -0.3 is 10.6 Å². The third-order valence-electron chi connectivity index (χ3n) is 5.29. The van der Waals surface area contributed by atoms with Gasteiger partial charge in [0.15, 0.2) is 0 Å². The maximum absolute atomic E-state index is 12.6. The normalized spacial score (nSPS) is 24.7. The lowest BCUT2D eigenvalue weighted by molar-refractivity contribution is -0.129. The number of carbonyl (C=O) groups excluding carboxylic acids is 1. The van der Waals surface area contributed by atoms with Gasteiger partial charge in [-0.2, -0.15) is 0 Å². The highest BCUT2D eigenvalue weighted by atomic mass is 35.5. The van der Waals surface area contributed by atoms with E-state index in [9.17, 15) is 4.79 Å². The molecule has 4 nitrogen and oxygen atoms in total. The SMILES string of the molecule is CC1(C(=O)NC2CCN(Cc3ccccc3)CC2)CCCCN1.Cl.Cl. The highest BCUT2D eigenvalue weighted by Crippen LogP contribution is 2.20. The fraction of sp³-hybridized carbons (Fsp3) is 0.632. The van der Waals surface area contributed by atoms with Crippen molar-refractivity contribution in [2.24, 2.45) is 0 Å². The maximum Gasteiger partial charge on any atom is 0.240 e. The van der Waals surface area contributed by atoms with Crippen LogP contribution in [-0.4, -0.2) is 42.0 Å². The second-order valence-electron chi connectivity index (χ2n) is 7.23. The number of rotatable bonds is 4. The van der Waals surface area contributed by atoms with Gasteiger partial charge in [0.2, 0.25) is 5.91 Å². The molecule has 2 aliphatic heterocycles. The number of piperidine rings is 2. The number of benzene rings is 1. The van der Waals surface area contributed by atoms with Crippen LogP contribution >= 0.6 is 24.8 Å². The quantitative estimate of drug-likeness (QED) is 0.833. The van der Waals surface area contributed by atoms with Gasteiger partial charge >= 0.3 is 0 Å². The Hall–Kier alpha value is -0.810. The van der Waals surface area contributed by atoms with E-state index in [0.717, 1.165) is 51.9 Å². The van der Waals surface area contributed by atoms with Crippen molar-refractivity contribution < 1.29 is 4.79 Å². The van der Waals surface area contributed by atoms with Gasteiger partial charge in [0.1, 0.15) is 0 Å². The number of carbonyl (C=O) groups is 1. The van der Waals surface area contributed by atoms with Crippen LogP contribution < -0.4 is 10.6 Å². The van der Waals surface area contributed by atoms with E-state index in [0.29, 0.717) is 6.04 Å². The Morgan fingerprint density at radius 3 is 2.48 bits per heavy atom. The van der Waals surface area contributed by atoms with Crippen LogP contribution in [0.15, 0.2) is 30.3 Å². The van der Waals surface area contributed by atoms with E-state index in [1.165, 1.54) is 12.0 Å². The van der Waals surface area contributed by atoms with E-state index in [1.54, 1.807) is 0 Å². The van der Waals surface area contributed by atoms with Crippen LogP contribution in [0.2, 0.25) is 0 Å². The molecule has 3 rings (SSSR count). The summed E-state index contributed by atoms with van der Waals surface area (Å²) >= 11 is 0. The molecule has 2 fully saturated rings. The summed E-state index contributed by atoms with van der Waals surface area (Å²) in [5.74, 6) is 0.193. The number of nitrogens with zero attached hydrogens (tertiary/aromatic N) is 1. The van der Waals surface area contributed by atoms with Crippen LogP contribution in [0.1, 0.15) is 44.6 Å². The molecule has 0 aliphatic carbocycles. The van der Waals surface area contributed by atoms with E-state index in [4.69, 9.17) is 0 Å². The number of nitrogens with one attached hydrogen (secondary N) is 2. The summed E-state index contributed by atoms with van der Waals surface area (Å²) in [7, 11) is 0. The highest BCUT2D eigenvalue weighted by Gasteiger charge is 2.35. The standard InChI is InChI=1S/C19H29N3O.2ClH/c1-19(11-5-6-12-20-19)18(23)21-17-9-13-22(14-10-17)15-16-7-3-2-4-8-16;;/h2-4,7-8,17,20H,5-6,9-15H2,1H3,(H,21,23);2*1H. The van der Waals surface area contributed by atoms with Gasteiger partial charge in [-0.15, -0.1) is 24.8 Å². The lowest BCUT2D eigenvalue weighted by atomic mass is 9.89. The van der Waals surface area contributed by atoms with Crippen molar-refractivity contribution in [3.63, 3.8) is 0 Å². The van der Waals surface area contributed by atoms with Crippen molar-refractivity contribution in [3.05, 3.63) is 35.9 Å². The van der Waals surface area contributed by atoms with Gasteiger partial charge in [0.05, 0.1) is 5.54 Å². The minimum absolute atomic E-state index is 0. The van der Waals surface area contributed by atoms with Crippen molar-refractivity contribution in [2.75, 3.05) is 19.6 Å². The molecule has 0 radical (unpaired) electrons. The topological polar surface area (TPSA) is 44.4 Å². The maximum atomic E-state index is 12.6. The lowest BCUT2D eigenvalue weighted by Crippen LogP contribution is -2.59. The number of hydrogen-bond acceptors (Lipinski definition) is 3. The summed E-state index contributed by atoms with van der Waals surface area (Å²) in [6.07, 6.45) is 5.38. The van der Waals surface area contributed by atoms with E-state index in [2.05, 4.69) is 45.9 Å². The minimum atomic E-state index is -0.362. The molecule has 2 heterocycles. The number of amides is 1. The second kappa shape index (κ2) is 10.4. The van der Waals surface area contributed by atoms with Gasteiger partial charge in [-0.05, 0) is 51.1 Å². The van der Waals surface area contributed by atoms with Crippen LogP contribution in [0.4, 0.5) is 0 Å². The zero-order chi connectivity index (χ0) is 16.1. The Balaban J connectivity index is 0.00000156. The smallest absolute Gasteiger partial charge is 0.240 e. The van der Waals surface area contributed by atoms with Gasteiger partial charge in [-0.25, -0.2) is 0 Å². The third-order valence-corrected chi connectivity index (χ3v) is 5.29. The Labute approximate surface area is 163 Å². The Morgan fingerprint density at radius 2 is 1.88 bits per heavy atom. The van der Waals surface area contributed by atoms with E-state index in [1.807, 2.05) is 6.92 Å². The first-order valence-electron chi connectivity index (χ1n) is 8.98. The van der Waals surface area contributed by atoms with E-state index in [-0.39, 0.29) is 36.3 Å². The fourth-order valence-corrected chi connectivity index (χ4v) is 3.67.